The van der Waals surface area contributed by atoms with Crippen molar-refractivity contribution >= 4 is 16.9 Å². The van der Waals surface area contributed by atoms with Gasteiger partial charge >= 0.3 is 0 Å². The molecule has 2 atom stereocenters. The molecule has 3 aromatic rings. The average Bonchev–Trinajstić information content (AvgIpc) is 3.41. The quantitative estimate of drug-likeness (QED) is 0.606. The average molecular weight is 435 g/mol. The minimum atomic E-state index is -0.595. The van der Waals surface area contributed by atoms with Crippen LogP contribution in [0.1, 0.15) is 46.1 Å². The van der Waals surface area contributed by atoms with E-state index in [0.29, 0.717) is 41.2 Å². The Morgan fingerprint density at radius 1 is 1.06 bits per heavy atom. The first-order valence-corrected chi connectivity index (χ1v) is 10.7. The fourth-order valence-electron chi connectivity index (χ4n) is 4.70. The van der Waals surface area contributed by atoms with Gasteiger partial charge in [0.1, 0.15) is 5.58 Å². The lowest BCUT2D eigenvalue weighted by Gasteiger charge is -2.27. The maximum absolute atomic E-state index is 13.6. The summed E-state index contributed by atoms with van der Waals surface area (Å²) < 4.78 is 22.7. The Hall–Kier alpha value is -3.32. The lowest BCUT2D eigenvalue weighted by molar-refractivity contribution is 0.0486. The summed E-state index contributed by atoms with van der Waals surface area (Å²) in [5, 5.41) is 0.473. The van der Waals surface area contributed by atoms with Crippen molar-refractivity contribution in [3.8, 4) is 11.5 Å². The standard InChI is InChI=1S/C25H25NO6/c1-14-6-8-18-17(11-14)23(27)21-22(15-7-9-19(29-2)20(12-15)30-3)26(25(28)24(21)32-18)13-16-5-4-10-31-16/h6-9,11-12,16,22H,4-5,10,13H2,1-3H3/t16-,22-/m0/s1. The van der Waals surface area contributed by atoms with Crippen LogP contribution in [0.25, 0.3) is 11.0 Å². The minimum Gasteiger partial charge on any atom is -0.493 e. The largest absolute Gasteiger partial charge is 0.493 e. The topological polar surface area (TPSA) is 78.2 Å². The van der Waals surface area contributed by atoms with Crippen LogP contribution < -0.4 is 14.9 Å². The van der Waals surface area contributed by atoms with Crippen LogP contribution in [0.4, 0.5) is 0 Å². The zero-order valence-electron chi connectivity index (χ0n) is 18.3. The molecule has 3 heterocycles. The van der Waals surface area contributed by atoms with E-state index < -0.39 is 6.04 Å². The van der Waals surface area contributed by atoms with Gasteiger partial charge in [-0.1, -0.05) is 17.7 Å². The SMILES string of the molecule is COc1ccc([C@H]2c3c(oc4ccc(C)cc4c3=O)C(=O)N2C[C@@H]2CCCO2)cc1OC. The van der Waals surface area contributed by atoms with Crippen molar-refractivity contribution in [2.24, 2.45) is 0 Å². The maximum Gasteiger partial charge on any atom is 0.291 e. The number of aryl methyl sites for hydroxylation is 1. The number of methoxy groups -OCH3 is 2. The second-order valence-electron chi connectivity index (χ2n) is 8.28. The van der Waals surface area contributed by atoms with Gasteiger partial charge in [0.05, 0.1) is 37.3 Å². The molecular formula is C25H25NO6. The Balaban J connectivity index is 1.71. The number of hydrogen-bond acceptors (Lipinski definition) is 6. The van der Waals surface area contributed by atoms with E-state index in [1.54, 1.807) is 37.3 Å². The number of carbonyl (C=O) groups is 1. The first-order valence-electron chi connectivity index (χ1n) is 10.7. The number of ether oxygens (including phenoxy) is 3. The van der Waals surface area contributed by atoms with E-state index in [2.05, 4.69) is 0 Å². The Morgan fingerprint density at radius 3 is 2.59 bits per heavy atom. The summed E-state index contributed by atoms with van der Waals surface area (Å²) in [5.41, 5.74) is 2.30. The van der Waals surface area contributed by atoms with E-state index in [4.69, 9.17) is 18.6 Å². The summed E-state index contributed by atoms with van der Waals surface area (Å²) in [4.78, 5) is 28.8. The number of rotatable bonds is 5. The fraction of sp³-hybridized carbons (Fsp3) is 0.360. The van der Waals surface area contributed by atoms with Crippen LogP contribution in [-0.4, -0.2) is 44.3 Å². The molecule has 32 heavy (non-hydrogen) atoms. The molecule has 2 aliphatic heterocycles. The van der Waals surface area contributed by atoms with Crippen LogP contribution in [0, 0.1) is 6.92 Å². The summed E-state index contributed by atoms with van der Waals surface area (Å²) in [7, 11) is 3.13. The molecule has 1 aromatic heterocycles. The van der Waals surface area contributed by atoms with Crippen LogP contribution in [0.3, 0.4) is 0 Å². The smallest absolute Gasteiger partial charge is 0.291 e. The summed E-state index contributed by atoms with van der Waals surface area (Å²) in [6.07, 6.45) is 1.77. The molecule has 7 nitrogen and oxygen atoms in total. The maximum atomic E-state index is 13.6. The highest BCUT2D eigenvalue weighted by atomic mass is 16.5. The van der Waals surface area contributed by atoms with Gasteiger partial charge in [-0.05, 0) is 49.6 Å². The van der Waals surface area contributed by atoms with Crippen LogP contribution >= 0.6 is 0 Å². The van der Waals surface area contributed by atoms with Gasteiger partial charge in [-0.25, -0.2) is 0 Å². The first kappa shape index (κ1) is 20.6. The van der Waals surface area contributed by atoms with E-state index in [1.165, 1.54) is 0 Å². The molecule has 2 aromatic carbocycles. The molecule has 0 radical (unpaired) electrons. The normalized spacial score (nSPS) is 20.1. The van der Waals surface area contributed by atoms with Crippen LogP contribution in [0.2, 0.25) is 0 Å². The van der Waals surface area contributed by atoms with Gasteiger partial charge in [0.15, 0.2) is 16.9 Å². The Labute approximate surface area is 185 Å². The van der Waals surface area contributed by atoms with E-state index in [-0.39, 0.29) is 23.2 Å². The van der Waals surface area contributed by atoms with Crippen LogP contribution in [0.15, 0.2) is 45.6 Å². The van der Waals surface area contributed by atoms with Crippen LogP contribution in [-0.2, 0) is 4.74 Å². The third-order valence-corrected chi connectivity index (χ3v) is 6.27. The Bertz CT molecular complexity index is 1260. The van der Waals surface area contributed by atoms with Crippen LogP contribution in [0.5, 0.6) is 11.5 Å². The molecule has 1 saturated heterocycles. The molecule has 0 unspecified atom stereocenters. The van der Waals surface area contributed by atoms with E-state index in [9.17, 15) is 9.59 Å². The number of benzene rings is 2. The molecule has 166 valence electrons. The molecule has 7 heteroatoms. The number of fused-ring (bicyclic) bond motifs is 2. The lowest BCUT2D eigenvalue weighted by Crippen LogP contribution is -2.36. The lowest BCUT2D eigenvalue weighted by atomic mass is 9.97. The van der Waals surface area contributed by atoms with Gasteiger partial charge in [-0.3, -0.25) is 9.59 Å². The molecule has 1 fully saturated rings. The second kappa shape index (κ2) is 7.98. The molecule has 2 aliphatic rings. The zero-order valence-corrected chi connectivity index (χ0v) is 18.3. The molecular weight excluding hydrogens is 410 g/mol. The van der Waals surface area contributed by atoms with Crippen molar-refractivity contribution in [3.05, 3.63) is 69.1 Å². The highest BCUT2D eigenvalue weighted by Gasteiger charge is 2.44. The summed E-state index contributed by atoms with van der Waals surface area (Å²) in [6.45, 7) is 2.99. The van der Waals surface area contributed by atoms with Gasteiger partial charge in [0.25, 0.3) is 5.91 Å². The molecule has 1 amide bonds. The van der Waals surface area contributed by atoms with Crippen molar-refractivity contribution in [1.82, 2.24) is 4.90 Å². The fourth-order valence-corrected chi connectivity index (χ4v) is 4.70. The van der Waals surface area contributed by atoms with Crippen molar-refractivity contribution in [2.45, 2.75) is 31.9 Å². The molecule has 0 bridgehead atoms. The second-order valence-corrected chi connectivity index (χ2v) is 8.28. The number of amides is 1. The van der Waals surface area contributed by atoms with Gasteiger partial charge < -0.3 is 23.5 Å². The highest BCUT2D eigenvalue weighted by Crippen LogP contribution is 2.41. The monoisotopic (exact) mass is 435 g/mol. The van der Waals surface area contributed by atoms with Gasteiger partial charge in [0.2, 0.25) is 5.76 Å². The summed E-state index contributed by atoms with van der Waals surface area (Å²) >= 11 is 0. The highest BCUT2D eigenvalue weighted by molar-refractivity contribution is 5.99. The van der Waals surface area contributed by atoms with E-state index in [0.717, 1.165) is 24.0 Å². The van der Waals surface area contributed by atoms with Crippen molar-refractivity contribution in [3.63, 3.8) is 0 Å². The molecule has 5 rings (SSSR count). The zero-order chi connectivity index (χ0) is 22.4. The molecule has 0 saturated carbocycles. The van der Waals surface area contributed by atoms with Crippen molar-refractivity contribution in [2.75, 3.05) is 27.4 Å². The minimum absolute atomic E-state index is 0.0670. The summed E-state index contributed by atoms with van der Waals surface area (Å²) in [6, 6.07) is 10.3. The Morgan fingerprint density at radius 2 is 1.88 bits per heavy atom. The van der Waals surface area contributed by atoms with E-state index in [1.807, 2.05) is 25.1 Å². The predicted octanol–water partition coefficient (Wildman–Crippen LogP) is 3.84. The first-order chi connectivity index (χ1) is 15.5. The third kappa shape index (κ3) is 3.24. The molecule has 0 N–H and O–H groups in total. The third-order valence-electron chi connectivity index (χ3n) is 6.27. The van der Waals surface area contributed by atoms with Crippen molar-refractivity contribution in [1.29, 1.82) is 0 Å². The van der Waals surface area contributed by atoms with Gasteiger partial charge in [0, 0.05) is 13.2 Å². The van der Waals surface area contributed by atoms with Gasteiger partial charge in [-0.2, -0.15) is 0 Å². The summed E-state index contributed by atoms with van der Waals surface area (Å²) in [5.74, 6) is 0.913. The predicted molar refractivity (Wildman–Crippen MR) is 119 cm³/mol. The number of hydrogen-bond donors (Lipinski definition) is 0. The van der Waals surface area contributed by atoms with Gasteiger partial charge in [-0.15, -0.1) is 0 Å². The van der Waals surface area contributed by atoms with Crippen molar-refractivity contribution < 1.29 is 23.4 Å². The number of nitrogens with zero attached hydrogens (tertiary/aromatic N) is 1. The van der Waals surface area contributed by atoms with E-state index >= 15 is 0 Å². The number of carbonyl (C=O) groups excluding carboxylic acids is 1. The molecule has 0 spiro atoms. The Kier molecular flexibility index (Phi) is 5.13. The molecule has 0 aliphatic carbocycles.